The van der Waals surface area contributed by atoms with Gasteiger partial charge in [-0.25, -0.2) is 4.39 Å². The molecule has 2 unspecified atom stereocenters. The smallest absolute Gasteiger partial charge is 0.128 e. The monoisotopic (exact) mass is 293 g/mol. The molecule has 1 aromatic carbocycles. The maximum Gasteiger partial charge on any atom is 0.128 e. The van der Waals surface area contributed by atoms with Gasteiger partial charge in [-0.1, -0.05) is 18.2 Å². The van der Waals surface area contributed by atoms with Crippen molar-refractivity contribution in [2.24, 2.45) is 5.73 Å². The van der Waals surface area contributed by atoms with E-state index in [0.29, 0.717) is 0 Å². The Morgan fingerprint density at radius 1 is 1.10 bits per heavy atom. The fraction of sp³-hybridized carbons (Fsp3) is 0.647. The lowest BCUT2D eigenvalue weighted by Gasteiger charge is -2.45. The first-order chi connectivity index (χ1) is 9.80. The Kier molecular flexibility index (Phi) is 5.02. The summed E-state index contributed by atoms with van der Waals surface area (Å²) in [6.45, 7) is 12.5. The summed E-state index contributed by atoms with van der Waals surface area (Å²) in [5.41, 5.74) is 7.07. The standard InChI is InChI=1S/C17H28FN3/c1-13(19)16(14-7-5-6-8-15(14)18)20-9-11-21(12-10-20)17(2,3)4/h5-8,13,16H,9-12,19H2,1-4H3. The zero-order valence-electron chi connectivity index (χ0n) is 13.6. The Morgan fingerprint density at radius 2 is 1.67 bits per heavy atom. The number of nitrogens with two attached hydrogens (primary N) is 1. The fourth-order valence-corrected chi connectivity index (χ4v) is 3.20. The number of piperazine rings is 1. The molecule has 3 nitrogen and oxygen atoms in total. The topological polar surface area (TPSA) is 32.5 Å². The minimum absolute atomic E-state index is 0.0479. The van der Waals surface area contributed by atoms with Crippen molar-refractivity contribution in [3.05, 3.63) is 35.6 Å². The van der Waals surface area contributed by atoms with Crippen molar-refractivity contribution in [3.63, 3.8) is 0 Å². The Balaban J connectivity index is 2.13. The van der Waals surface area contributed by atoms with Crippen molar-refractivity contribution in [1.29, 1.82) is 0 Å². The average molecular weight is 293 g/mol. The first kappa shape index (κ1) is 16.4. The number of hydrogen-bond acceptors (Lipinski definition) is 3. The second-order valence-electron chi connectivity index (χ2n) is 7.02. The molecule has 0 aliphatic carbocycles. The molecule has 0 radical (unpaired) electrons. The van der Waals surface area contributed by atoms with Crippen molar-refractivity contribution < 1.29 is 4.39 Å². The van der Waals surface area contributed by atoms with Gasteiger partial charge in [0.1, 0.15) is 5.82 Å². The molecule has 1 aliphatic heterocycles. The lowest BCUT2D eigenvalue weighted by molar-refractivity contribution is 0.0361. The number of hydrogen-bond donors (Lipinski definition) is 1. The minimum Gasteiger partial charge on any atom is -0.326 e. The SMILES string of the molecule is CC(N)C(c1ccccc1F)N1CCN(C(C)(C)C)CC1. The van der Waals surface area contributed by atoms with Crippen LogP contribution in [0.1, 0.15) is 39.3 Å². The highest BCUT2D eigenvalue weighted by Crippen LogP contribution is 2.28. The fourth-order valence-electron chi connectivity index (χ4n) is 3.20. The van der Waals surface area contributed by atoms with Crippen LogP contribution in [-0.2, 0) is 0 Å². The first-order valence-electron chi connectivity index (χ1n) is 7.80. The zero-order chi connectivity index (χ0) is 15.6. The van der Waals surface area contributed by atoms with E-state index in [4.69, 9.17) is 5.73 Å². The lowest BCUT2D eigenvalue weighted by atomic mass is 9.97. The van der Waals surface area contributed by atoms with Crippen LogP contribution in [0.15, 0.2) is 24.3 Å². The van der Waals surface area contributed by atoms with Crippen LogP contribution in [0.2, 0.25) is 0 Å². The zero-order valence-corrected chi connectivity index (χ0v) is 13.6. The number of nitrogens with zero attached hydrogens (tertiary/aromatic N) is 2. The molecule has 21 heavy (non-hydrogen) atoms. The van der Waals surface area contributed by atoms with E-state index in [1.165, 1.54) is 6.07 Å². The summed E-state index contributed by atoms with van der Waals surface area (Å²) in [5, 5.41) is 0. The van der Waals surface area contributed by atoms with E-state index in [-0.39, 0.29) is 23.4 Å². The Hall–Kier alpha value is -0.970. The molecule has 1 aromatic rings. The molecule has 0 aromatic heterocycles. The first-order valence-corrected chi connectivity index (χ1v) is 7.80. The van der Waals surface area contributed by atoms with E-state index in [2.05, 4.69) is 30.6 Å². The van der Waals surface area contributed by atoms with Crippen molar-refractivity contribution in [1.82, 2.24) is 9.80 Å². The third kappa shape index (κ3) is 3.82. The summed E-state index contributed by atoms with van der Waals surface area (Å²) in [6, 6.07) is 6.86. The Bertz CT molecular complexity index is 459. The predicted molar refractivity (Wildman–Crippen MR) is 85.7 cm³/mol. The lowest BCUT2D eigenvalue weighted by Crippen LogP contribution is -2.55. The van der Waals surface area contributed by atoms with E-state index in [1.807, 2.05) is 19.1 Å². The van der Waals surface area contributed by atoms with Gasteiger partial charge in [0.05, 0.1) is 6.04 Å². The quantitative estimate of drug-likeness (QED) is 0.930. The van der Waals surface area contributed by atoms with Crippen molar-refractivity contribution >= 4 is 0 Å². The molecule has 1 fully saturated rings. The minimum atomic E-state index is -0.155. The van der Waals surface area contributed by atoms with Gasteiger partial charge in [0.15, 0.2) is 0 Å². The largest absolute Gasteiger partial charge is 0.326 e. The molecule has 1 saturated heterocycles. The molecule has 1 aliphatic rings. The molecular formula is C17H28FN3. The van der Waals surface area contributed by atoms with Gasteiger partial charge in [-0.15, -0.1) is 0 Å². The summed E-state index contributed by atoms with van der Waals surface area (Å²) in [4.78, 5) is 4.80. The summed E-state index contributed by atoms with van der Waals surface area (Å²) in [7, 11) is 0. The average Bonchev–Trinajstić information content (AvgIpc) is 2.40. The molecule has 2 atom stereocenters. The van der Waals surface area contributed by atoms with E-state index in [0.717, 1.165) is 31.7 Å². The van der Waals surface area contributed by atoms with E-state index >= 15 is 0 Å². The van der Waals surface area contributed by atoms with Crippen molar-refractivity contribution in [3.8, 4) is 0 Å². The molecule has 0 spiro atoms. The molecule has 1 heterocycles. The van der Waals surface area contributed by atoms with E-state index in [1.54, 1.807) is 6.07 Å². The van der Waals surface area contributed by atoms with E-state index in [9.17, 15) is 4.39 Å². The van der Waals surface area contributed by atoms with Gasteiger partial charge < -0.3 is 5.73 Å². The van der Waals surface area contributed by atoms with Gasteiger partial charge in [-0.3, -0.25) is 9.80 Å². The van der Waals surface area contributed by atoms with Crippen LogP contribution in [0, 0.1) is 5.82 Å². The van der Waals surface area contributed by atoms with Crippen LogP contribution >= 0.6 is 0 Å². The normalized spacial score (nSPS) is 21.2. The molecule has 0 saturated carbocycles. The van der Waals surface area contributed by atoms with Crippen LogP contribution < -0.4 is 5.73 Å². The predicted octanol–water partition coefficient (Wildman–Crippen LogP) is 2.63. The summed E-state index contributed by atoms with van der Waals surface area (Å²) >= 11 is 0. The van der Waals surface area contributed by atoms with Gasteiger partial charge in [0.25, 0.3) is 0 Å². The van der Waals surface area contributed by atoms with Crippen LogP contribution in [0.4, 0.5) is 4.39 Å². The maximum atomic E-state index is 14.1. The number of benzene rings is 1. The van der Waals surface area contributed by atoms with Gasteiger partial charge in [-0.05, 0) is 33.8 Å². The summed E-state index contributed by atoms with van der Waals surface area (Å²) < 4.78 is 14.1. The molecule has 118 valence electrons. The maximum absolute atomic E-state index is 14.1. The molecule has 2 rings (SSSR count). The van der Waals surface area contributed by atoms with Gasteiger partial charge in [0.2, 0.25) is 0 Å². The highest BCUT2D eigenvalue weighted by Gasteiger charge is 2.32. The second-order valence-corrected chi connectivity index (χ2v) is 7.02. The second kappa shape index (κ2) is 6.42. The molecule has 0 bridgehead atoms. The van der Waals surface area contributed by atoms with Crippen LogP contribution in [0.5, 0.6) is 0 Å². The highest BCUT2D eigenvalue weighted by atomic mass is 19.1. The number of halogens is 1. The van der Waals surface area contributed by atoms with Gasteiger partial charge >= 0.3 is 0 Å². The highest BCUT2D eigenvalue weighted by molar-refractivity contribution is 5.23. The van der Waals surface area contributed by atoms with Crippen LogP contribution in [0.3, 0.4) is 0 Å². The van der Waals surface area contributed by atoms with E-state index < -0.39 is 0 Å². The Labute approximate surface area is 127 Å². The molecule has 0 amide bonds. The summed E-state index contributed by atoms with van der Waals surface area (Å²) in [5.74, 6) is -0.155. The third-order valence-corrected chi connectivity index (χ3v) is 4.38. The molecular weight excluding hydrogens is 265 g/mol. The third-order valence-electron chi connectivity index (χ3n) is 4.38. The van der Waals surface area contributed by atoms with Crippen LogP contribution in [-0.4, -0.2) is 47.6 Å². The molecule has 2 N–H and O–H groups in total. The Morgan fingerprint density at radius 3 is 2.14 bits per heavy atom. The van der Waals surface area contributed by atoms with Gasteiger partial charge in [-0.2, -0.15) is 0 Å². The van der Waals surface area contributed by atoms with Crippen molar-refractivity contribution in [2.45, 2.75) is 45.3 Å². The van der Waals surface area contributed by atoms with Gasteiger partial charge in [0, 0.05) is 43.3 Å². The van der Waals surface area contributed by atoms with Crippen LogP contribution in [0.25, 0.3) is 0 Å². The molecule has 4 heteroatoms. The summed E-state index contributed by atoms with van der Waals surface area (Å²) in [6.07, 6.45) is 0. The number of rotatable bonds is 3. The van der Waals surface area contributed by atoms with Crippen molar-refractivity contribution in [2.75, 3.05) is 26.2 Å².